The van der Waals surface area contributed by atoms with Gasteiger partial charge in [-0.1, -0.05) is 150 Å². The van der Waals surface area contributed by atoms with Crippen LogP contribution in [0.4, 0.5) is 0 Å². The summed E-state index contributed by atoms with van der Waals surface area (Å²) in [5, 5.41) is 18.9. The highest BCUT2D eigenvalue weighted by atomic mass is 16.4. The molecule has 0 aromatic heterocycles. The highest BCUT2D eigenvalue weighted by molar-refractivity contribution is 5.70. The van der Waals surface area contributed by atoms with Gasteiger partial charge in [-0.25, -0.2) is 0 Å². The van der Waals surface area contributed by atoms with Crippen LogP contribution < -0.4 is 0 Å². The minimum Gasteiger partial charge on any atom is -0.481 e. The van der Waals surface area contributed by atoms with Gasteiger partial charge < -0.3 is 10.2 Å². The van der Waals surface area contributed by atoms with Gasteiger partial charge in [-0.15, -0.1) is 0 Å². The minimum absolute atomic E-state index is 0.170. The van der Waals surface area contributed by atoms with Crippen LogP contribution in [-0.4, -0.2) is 22.2 Å². The molecule has 0 aromatic rings. The highest BCUT2D eigenvalue weighted by Crippen LogP contribution is 2.36. The second-order valence-corrected chi connectivity index (χ2v) is 12.2. The lowest BCUT2D eigenvalue weighted by atomic mass is 9.74. The number of rotatable bonds is 29. The molecule has 0 amide bonds. The van der Waals surface area contributed by atoms with Crippen LogP contribution in [0.3, 0.4) is 0 Å². The smallest absolute Gasteiger partial charge is 0.306 e. The SMILES string of the molecule is CCCCC(CC)CC(CC(CC)CCCC)C(CCCCCCCCCCCCCCC(=O)O)C(=O)O. The lowest BCUT2D eigenvalue weighted by Crippen LogP contribution is -2.28. The normalized spacial score (nSPS) is 14.7. The fraction of sp³-hybridized carbons (Fsp3) is 0.941. The third-order valence-electron chi connectivity index (χ3n) is 8.90. The van der Waals surface area contributed by atoms with E-state index in [1.165, 1.54) is 103 Å². The molecule has 0 rings (SSSR count). The predicted molar refractivity (Wildman–Crippen MR) is 163 cm³/mol. The van der Waals surface area contributed by atoms with Crippen LogP contribution >= 0.6 is 0 Å². The summed E-state index contributed by atoms with van der Waals surface area (Å²) in [6.07, 6.45) is 27.3. The van der Waals surface area contributed by atoms with Crippen molar-refractivity contribution in [3.05, 3.63) is 0 Å². The number of hydrogen-bond donors (Lipinski definition) is 2. The van der Waals surface area contributed by atoms with Gasteiger partial charge in [0.2, 0.25) is 0 Å². The van der Waals surface area contributed by atoms with Crippen LogP contribution in [0.2, 0.25) is 0 Å². The Labute approximate surface area is 237 Å². The number of hydrogen-bond acceptors (Lipinski definition) is 2. The number of unbranched alkanes of at least 4 members (excludes halogenated alkanes) is 13. The Hall–Kier alpha value is -1.06. The Morgan fingerprint density at radius 2 is 0.921 bits per heavy atom. The molecule has 0 aliphatic heterocycles. The van der Waals surface area contributed by atoms with E-state index in [0.717, 1.165) is 44.9 Å². The van der Waals surface area contributed by atoms with Crippen LogP contribution in [0, 0.1) is 23.7 Å². The molecule has 0 aliphatic carbocycles. The van der Waals surface area contributed by atoms with Gasteiger partial charge in [-0.3, -0.25) is 9.59 Å². The summed E-state index contributed by atoms with van der Waals surface area (Å²) in [5.74, 6) is 0.291. The fourth-order valence-corrected chi connectivity index (χ4v) is 6.21. The molecule has 0 spiro atoms. The van der Waals surface area contributed by atoms with E-state index in [4.69, 9.17) is 5.11 Å². The molecule has 0 radical (unpaired) electrons. The molecule has 0 aromatic carbocycles. The van der Waals surface area contributed by atoms with E-state index in [-0.39, 0.29) is 5.92 Å². The van der Waals surface area contributed by atoms with Gasteiger partial charge in [0, 0.05) is 6.42 Å². The molecular formula is C34H66O4. The maximum Gasteiger partial charge on any atom is 0.306 e. The fourth-order valence-electron chi connectivity index (χ4n) is 6.21. The van der Waals surface area contributed by atoms with Crippen LogP contribution in [-0.2, 0) is 9.59 Å². The van der Waals surface area contributed by atoms with Crippen LogP contribution in [0.1, 0.15) is 182 Å². The van der Waals surface area contributed by atoms with Crippen molar-refractivity contribution in [1.29, 1.82) is 0 Å². The van der Waals surface area contributed by atoms with E-state index >= 15 is 0 Å². The average Bonchev–Trinajstić information content (AvgIpc) is 2.89. The summed E-state index contributed by atoms with van der Waals surface area (Å²) in [6, 6.07) is 0. The summed E-state index contributed by atoms with van der Waals surface area (Å²) in [4.78, 5) is 23.0. The second-order valence-electron chi connectivity index (χ2n) is 12.2. The molecule has 0 saturated heterocycles. The summed E-state index contributed by atoms with van der Waals surface area (Å²) < 4.78 is 0. The molecule has 226 valence electrons. The molecule has 2 N–H and O–H groups in total. The van der Waals surface area contributed by atoms with E-state index in [0.29, 0.717) is 24.2 Å². The van der Waals surface area contributed by atoms with Gasteiger partial charge in [0.25, 0.3) is 0 Å². The van der Waals surface area contributed by atoms with Gasteiger partial charge in [0.15, 0.2) is 0 Å². The first-order valence-electron chi connectivity index (χ1n) is 16.8. The van der Waals surface area contributed by atoms with Crippen molar-refractivity contribution in [3.63, 3.8) is 0 Å². The standard InChI is InChI=1S/C34H66O4/c1-5-9-23-29(7-3)27-31(28-30(8-4)24-10-6-2)32(34(37)38)25-21-19-17-15-13-11-12-14-16-18-20-22-26-33(35)36/h29-32H,5-28H2,1-4H3,(H,35,36)(H,37,38). The Morgan fingerprint density at radius 3 is 1.26 bits per heavy atom. The largest absolute Gasteiger partial charge is 0.481 e. The van der Waals surface area contributed by atoms with Crippen molar-refractivity contribution in [3.8, 4) is 0 Å². The van der Waals surface area contributed by atoms with Crippen molar-refractivity contribution in [2.75, 3.05) is 0 Å². The van der Waals surface area contributed by atoms with E-state index in [1.54, 1.807) is 0 Å². The molecule has 0 aliphatic rings. The third-order valence-corrected chi connectivity index (χ3v) is 8.90. The summed E-state index contributed by atoms with van der Waals surface area (Å²) >= 11 is 0. The Bertz CT molecular complexity index is 529. The first kappa shape index (κ1) is 36.9. The van der Waals surface area contributed by atoms with E-state index in [9.17, 15) is 14.7 Å². The molecule has 38 heavy (non-hydrogen) atoms. The molecule has 0 saturated carbocycles. The van der Waals surface area contributed by atoms with Crippen LogP contribution in [0.5, 0.6) is 0 Å². The minimum atomic E-state index is -0.677. The molecule has 0 bridgehead atoms. The zero-order valence-electron chi connectivity index (χ0n) is 26.0. The van der Waals surface area contributed by atoms with Crippen molar-refractivity contribution in [1.82, 2.24) is 0 Å². The van der Waals surface area contributed by atoms with Crippen molar-refractivity contribution in [2.24, 2.45) is 23.7 Å². The third kappa shape index (κ3) is 20.8. The summed E-state index contributed by atoms with van der Waals surface area (Å²) in [6.45, 7) is 9.11. The van der Waals surface area contributed by atoms with E-state index in [1.807, 2.05) is 0 Å². The van der Waals surface area contributed by atoms with E-state index in [2.05, 4.69) is 27.7 Å². The first-order valence-corrected chi connectivity index (χ1v) is 16.8. The molecule has 3 atom stereocenters. The molecular weight excluding hydrogens is 472 g/mol. The molecule has 0 fully saturated rings. The molecule has 0 heterocycles. The predicted octanol–water partition coefficient (Wildman–Crippen LogP) is 11.1. The van der Waals surface area contributed by atoms with Gasteiger partial charge in [0.05, 0.1) is 5.92 Å². The number of carboxylic acids is 2. The Balaban J connectivity index is 4.45. The van der Waals surface area contributed by atoms with Crippen LogP contribution in [0.15, 0.2) is 0 Å². The molecule has 3 unspecified atom stereocenters. The maximum absolute atomic E-state index is 12.5. The topological polar surface area (TPSA) is 74.6 Å². The first-order chi connectivity index (χ1) is 18.4. The van der Waals surface area contributed by atoms with Gasteiger partial charge >= 0.3 is 11.9 Å². The number of aliphatic carboxylic acids is 2. The maximum atomic E-state index is 12.5. The van der Waals surface area contributed by atoms with Crippen molar-refractivity contribution in [2.45, 2.75) is 182 Å². The average molecular weight is 539 g/mol. The van der Waals surface area contributed by atoms with Crippen molar-refractivity contribution >= 4 is 11.9 Å². The zero-order chi connectivity index (χ0) is 28.4. The van der Waals surface area contributed by atoms with Gasteiger partial charge in [0.1, 0.15) is 0 Å². The Kier molecular flexibility index (Phi) is 25.4. The highest BCUT2D eigenvalue weighted by Gasteiger charge is 2.31. The summed E-state index contributed by atoms with van der Waals surface area (Å²) in [7, 11) is 0. The lowest BCUT2D eigenvalue weighted by molar-refractivity contribution is -0.144. The zero-order valence-corrected chi connectivity index (χ0v) is 26.0. The summed E-state index contributed by atoms with van der Waals surface area (Å²) in [5.41, 5.74) is 0. The van der Waals surface area contributed by atoms with Crippen LogP contribution in [0.25, 0.3) is 0 Å². The second kappa shape index (κ2) is 26.2. The quantitative estimate of drug-likeness (QED) is 0.0928. The molecule has 4 heteroatoms. The van der Waals surface area contributed by atoms with Gasteiger partial charge in [-0.2, -0.15) is 0 Å². The van der Waals surface area contributed by atoms with E-state index < -0.39 is 11.9 Å². The monoisotopic (exact) mass is 538 g/mol. The van der Waals surface area contributed by atoms with Gasteiger partial charge in [-0.05, 0) is 43.4 Å². The lowest BCUT2D eigenvalue weighted by Gasteiger charge is -2.31. The number of carbonyl (C=O) groups is 2. The van der Waals surface area contributed by atoms with Crippen molar-refractivity contribution < 1.29 is 19.8 Å². The Morgan fingerprint density at radius 1 is 0.526 bits per heavy atom. The molecule has 4 nitrogen and oxygen atoms in total. The number of carboxylic acid groups (broad SMARTS) is 2.